The average Bonchev–Trinajstić information content (AvgIpc) is 2.01. The lowest BCUT2D eigenvalue weighted by atomic mass is 9.82. The third kappa shape index (κ3) is 4.99. The lowest BCUT2D eigenvalue weighted by Crippen LogP contribution is -2.32. The van der Waals surface area contributed by atoms with Crippen LogP contribution in [0.15, 0.2) is 0 Å². The van der Waals surface area contributed by atoms with Gasteiger partial charge in [-0.2, -0.15) is 0 Å². The molecule has 0 aromatic carbocycles. The largest absolute Gasteiger partial charge is 0.316 e. The Labute approximate surface area is 89.7 Å². The second-order valence-corrected chi connectivity index (χ2v) is 6.33. The fourth-order valence-electron chi connectivity index (χ4n) is 2.40. The molecule has 1 N–H and O–H groups in total. The van der Waals surface area contributed by atoms with Gasteiger partial charge in [-0.05, 0) is 43.2 Å². The van der Waals surface area contributed by atoms with Gasteiger partial charge in [0.25, 0.3) is 0 Å². The van der Waals surface area contributed by atoms with E-state index < -0.39 is 0 Å². The predicted molar refractivity (Wildman–Crippen MR) is 63.4 cm³/mol. The maximum absolute atomic E-state index is 3.62. The van der Waals surface area contributed by atoms with Crippen molar-refractivity contribution in [3.63, 3.8) is 0 Å². The molecule has 1 heteroatoms. The predicted octanol–water partition coefficient (Wildman–Crippen LogP) is 3.45. The molecule has 0 aromatic rings. The second-order valence-electron chi connectivity index (χ2n) is 6.33. The van der Waals surface area contributed by atoms with Gasteiger partial charge in [-0.25, -0.2) is 0 Å². The quantitative estimate of drug-likeness (QED) is 0.730. The molecule has 84 valence electrons. The van der Waals surface area contributed by atoms with Crippen LogP contribution < -0.4 is 5.32 Å². The normalized spacial score (nSPS) is 29.1. The van der Waals surface area contributed by atoms with Crippen LogP contribution in [0.2, 0.25) is 0 Å². The number of rotatable bonds is 3. The highest BCUT2D eigenvalue weighted by Crippen LogP contribution is 2.28. The zero-order valence-electron chi connectivity index (χ0n) is 10.4. The van der Waals surface area contributed by atoms with Gasteiger partial charge in [-0.3, -0.25) is 0 Å². The Hall–Kier alpha value is -0.0400. The van der Waals surface area contributed by atoms with Gasteiger partial charge >= 0.3 is 0 Å². The van der Waals surface area contributed by atoms with Crippen LogP contribution in [0.1, 0.15) is 53.4 Å². The molecule has 2 unspecified atom stereocenters. The van der Waals surface area contributed by atoms with Crippen LogP contribution >= 0.6 is 0 Å². The molecule has 0 bridgehead atoms. The maximum Gasteiger partial charge on any atom is -0.000000944 e. The van der Waals surface area contributed by atoms with Crippen LogP contribution in [-0.4, -0.2) is 13.1 Å². The monoisotopic (exact) mass is 197 g/mol. The Kier molecular flexibility index (Phi) is 4.43. The van der Waals surface area contributed by atoms with E-state index in [4.69, 9.17) is 0 Å². The van der Waals surface area contributed by atoms with E-state index >= 15 is 0 Å². The van der Waals surface area contributed by atoms with Gasteiger partial charge in [-0.1, -0.05) is 40.5 Å². The first-order chi connectivity index (χ1) is 6.47. The van der Waals surface area contributed by atoms with E-state index in [-0.39, 0.29) is 0 Å². The van der Waals surface area contributed by atoms with Gasteiger partial charge in [0.1, 0.15) is 0 Å². The van der Waals surface area contributed by atoms with E-state index in [0.29, 0.717) is 5.41 Å². The fourth-order valence-corrected chi connectivity index (χ4v) is 2.40. The summed E-state index contributed by atoms with van der Waals surface area (Å²) in [6, 6.07) is 0. The topological polar surface area (TPSA) is 12.0 Å². The second kappa shape index (κ2) is 5.16. The average molecular weight is 197 g/mol. The Balaban J connectivity index is 2.12. The van der Waals surface area contributed by atoms with Gasteiger partial charge in [0.15, 0.2) is 0 Å². The first-order valence-electron chi connectivity index (χ1n) is 6.18. The number of hydrogen-bond donors (Lipinski definition) is 1. The van der Waals surface area contributed by atoms with Crippen molar-refractivity contribution in [2.75, 3.05) is 13.1 Å². The van der Waals surface area contributed by atoms with Gasteiger partial charge in [-0.15, -0.1) is 0 Å². The van der Waals surface area contributed by atoms with Crippen molar-refractivity contribution >= 4 is 0 Å². The van der Waals surface area contributed by atoms with E-state index in [9.17, 15) is 0 Å². The molecule has 0 aromatic heterocycles. The summed E-state index contributed by atoms with van der Waals surface area (Å²) < 4.78 is 0. The zero-order chi connectivity index (χ0) is 10.6. The molecular weight excluding hydrogens is 170 g/mol. The van der Waals surface area contributed by atoms with Crippen molar-refractivity contribution in [1.29, 1.82) is 0 Å². The molecule has 0 amide bonds. The van der Waals surface area contributed by atoms with Crippen molar-refractivity contribution in [3.05, 3.63) is 0 Å². The molecule has 1 aliphatic rings. The minimum absolute atomic E-state index is 0.431. The summed E-state index contributed by atoms with van der Waals surface area (Å²) in [5.41, 5.74) is 0.431. The minimum atomic E-state index is 0.431. The molecule has 0 saturated heterocycles. The van der Waals surface area contributed by atoms with Gasteiger partial charge in [0.2, 0.25) is 0 Å². The van der Waals surface area contributed by atoms with Crippen LogP contribution in [-0.2, 0) is 0 Å². The highest BCUT2D eigenvalue weighted by Gasteiger charge is 2.19. The molecule has 2 atom stereocenters. The molecular formula is C13H27N. The SMILES string of the molecule is CC1CCCC(CNCC(C)(C)C)C1. The lowest BCUT2D eigenvalue weighted by Gasteiger charge is -2.28. The molecule has 0 aliphatic heterocycles. The van der Waals surface area contributed by atoms with Gasteiger partial charge < -0.3 is 5.32 Å². The maximum atomic E-state index is 3.62. The molecule has 1 nitrogen and oxygen atoms in total. The van der Waals surface area contributed by atoms with Crippen molar-refractivity contribution in [2.45, 2.75) is 53.4 Å². The van der Waals surface area contributed by atoms with E-state index in [1.165, 1.54) is 32.2 Å². The molecule has 14 heavy (non-hydrogen) atoms. The van der Waals surface area contributed by atoms with E-state index in [1.807, 2.05) is 0 Å². The van der Waals surface area contributed by atoms with Crippen LogP contribution in [0, 0.1) is 17.3 Å². The van der Waals surface area contributed by atoms with Crippen molar-refractivity contribution in [2.24, 2.45) is 17.3 Å². The van der Waals surface area contributed by atoms with Crippen molar-refractivity contribution < 1.29 is 0 Å². The summed E-state index contributed by atoms with van der Waals surface area (Å²) in [5.74, 6) is 1.91. The Morgan fingerprint density at radius 1 is 1.21 bits per heavy atom. The number of hydrogen-bond acceptors (Lipinski definition) is 1. The smallest absolute Gasteiger partial charge is 0.000000944 e. The molecule has 0 heterocycles. The van der Waals surface area contributed by atoms with Crippen molar-refractivity contribution in [3.8, 4) is 0 Å². The summed E-state index contributed by atoms with van der Waals surface area (Å²) in [6.07, 6.45) is 5.79. The third-order valence-corrected chi connectivity index (χ3v) is 3.13. The molecule has 0 radical (unpaired) electrons. The van der Waals surface area contributed by atoms with E-state index in [0.717, 1.165) is 18.4 Å². The molecule has 1 aliphatic carbocycles. The Morgan fingerprint density at radius 3 is 2.50 bits per heavy atom. The van der Waals surface area contributed by atoms with Gasteiger partial charge in [0.05, 0.1) is 0 Å². The van der Waals surface area contributed by atoms with Crippen molar-refractivity contribution in [1.82, 2.24) is 5.32 Å². The third-order valence-electron chi connectivity index (χ3n) is 3.13. The van der Waals surface area contributed by atoms with Crippen LogP contribution in [0.3, 0.4) is 0 Å². The summed E-state index contributed by atoms with van der Waals surface area (Å²) >= 11 is 0. The Bertz CT molecular complexity index is 157. The standard InChI is InChI=1S/C13H27N/c1-11-6-5-7-12(8-11)9-14-10-13(2,3)4/h11-12,14H,5-10H2,1-4H3. The van der Waals surface area contributed by atoms with Crippen LogP contribution in [0.25, 0.3) is 0 Å². The van der Waals surface area contributed by atoms with Crippen LogP contribution in [0.4, 0.5) is 0 Å². The van der Waals surface area contributed by atoms with Crippen LogP contribution in [0.5, 0.6) is 0 Å². The minimum Gasteiger partial charge on any atom is -0.316 e. The zero-order valence-corrected chi connectivity index (χ0v) is 10.4. The lowest BCUT2D eigenvalue weighted by molar-refractivity contribution is 0.262. The highest BCUT2D eigenvalue weighted by atomic mass is 14.9. The molecule has 1 saturated carbocycles. The highest BCUT2D eigenvalue weighted by molar-refractivity contribution is 4.73. The molecule has 0 spiro atoms. The van der Waals surface area contributed by atoms with E-state index in [1.54, 1.807) is 0 Å². The van der Waals surface area contributed by atoms with E-state index in [2.05, 4.69) is 33.0 Å². The van der Waals surface area contributed by atoms with Gasteiger partial charge in [0, 0.05) is 0 Å². The first kappa shape index (κ1) is 12.0. The fraction of sp³-hybridized carbons (Fsp3) is 1.00. The molecule has 1 rings (SSSR count). The Morgan fingerprint density at radius 2 is 1.93 bits per heavy atom. The summed E-state index contributed by atoms with van der Waals surface area (Å²) in [7, 11) is 0. The summed E-state index contributed by atoms with van der Waals surface area (Å²) in [6.45, 7) is 11.7. The summed E-state index contributed by atoms with van der Waals surface area (Å²) in [5, 5.41) is 3.62. The summed E-state index contributed by atoms with van der Waals surface area (Å²) in [4.78, 5) is 0. The molecule has 1 fully saturated rings. The first-order valence-corrected chi connectivity index (χ1v) is 6.18. The number of nitrogens with one attached hydrogen (secondary N) is 1.